The molecule has 3 heteroatoms. The van der Waals surface area contributed by atoms with Crippen LogP contribution >= 0.6 is 11.8 Å². The molecular formula is C14H22N2S. The van der Waals surface area contributed by atoms with Crippen LogP contribution < -0.4 is 5.32 Å². The first-order chi connectivity index (χ1) is 8.30. The third-order valence-corrected chi connectivity index (χ3v) is 6.07. The van der Waals surface area contributed by atoms with Gasteiger partial charge in [-0.1, -0.05) is 12.8 Å². The van der Waals surface area contributed by atoms with E-state index in [9.17, 15) is 5.26 Å². The summed E-state index contributed by atoms with van der Waals surface area (Å²) in [7, 11) is 0. The summed E-state index contributed by atoms with van der Waals surface area (Å²) in [6.07, 6.45) is 11.6. The third-order valence-electron chi connectivity index (χ3n) is 4.43. The van der Waals surface area contributed by atoms with E-state index in [4.69, 9.17) is 0 Å². The Bertz CT molecular complexity index is 315. The minimum Gasteiger partial charge on any atom is -0.297 e. The van der Waals surface area contributed by atoms with E-state index in [1.807, 2.05) is 0 Å². The quantitative estimate of drug-likeness (QED) is 0.832. The summed E-state index contributed by atoms with van der Waals surface area (Å²) in [4.78, 5) is 0. The fourth-order valence-electron chi connectivity index (χ4n) is 3.30. The van der Waals surface area contributed by atoms with Crippen molar-refractivity contribution in [2.75, 3.05) is 0 Å². The van der Waals surface area contributed by atoms with Crippen molar-refractivity contribution < 1.29 is 0 Å². The van der Waals surface area contributed by atoms with Crippen molar-refractivity contribution in [2.45, 2.75) is 79.9 Å². The predicted octanol–water partition coefficient (Wildman–Crippen LogP) is 3.23. The van der Waals surface area contributed by atoms with Crippen LogP contribution in [0.25, 0.3) is 0 Å². The van der Waals surface area contributed by atoms with Gasteiger partial charge in [0.15, 0.2) is 0 Å². The first kappa shape index (κ1) is 11.9. The second-order valence-electron chi connectivity index (χ2n) is 6.02. The van der Waals surface area contributed by atoms with Crippen molar-refractivity contribution in [3.8, 4) is 6.07 Å². The second kappa shape index (κ2) is 4.82. The minimum atomic E-state index is -0.169. The molecule has 3 saturated carbocycles. The molecule has 2 unspecified atom stereocenters. The Labute approximate surface area is 109 Å². The first-order valence-electron chi connectivity index (χ1n) is 7.14. The largest absolute Gasteiger partial charge is 0.297 e. The molecule has 0 spiro atoms. The van der Waals surface area contributed by atoms with Crippen LogP contribution in [0.4, 0.5) is 0 Å². The van der Waals surface area contributed by atoms with Crippen LogP contribution in [0.15, 0.2) is 0 Å². The van der Waals surface area contributed by atoms with Crippen LogP contribution in [-0.2, 0) is 0 Å². The molecule has 0 bridgehead atoms. The van der Waals surface area contributed by atoms with Crippen molar-refractivity contribution >= 4 is 11.8 Å². The molecule has 2 atom stereocenters. The number of rotatable bonds is 4. The Balaban J connectivity index is 1.53. The van der Waals surface area contributed by atoms with Gasteiger partial charge < -0.3 is 0 Å². The highest BCUT2D eigenvalue weighted by atomic mass is 32.2. The zero-order chi connectivity index (χ0) is 11.7. The van der Waals surface area contributed by atoms with Gasteiger partial charge in [-0.15, -0.1) is 0 Å². The van der Waals surface area contributed by atoms with Crippen molar-refractivity contribution in [3.63, 3.8) is 0 Å². The van der Waals surface area contributed by atoms with Crippen LogP contribution in [0.3, 0.4) is 0 Å². The maximum Gasteiger partial charge on any atom is 0.108 e. The molecule has 0 amide bonds. The molecule has 94 valence electrons. The van der Waals surface area contributed by atoms with E-state index in [1.54, 1.807) is 0 Å². The van der Waals surface area contributed by atoms with Gasteiger partial charge in [-0.25, -0.2) is 0 Å². The zero-order valence-electron chi connectivity index (χ0n) is 10.5. The zero-order valence-corrected chi connectivity index (χ0v) is 11.3. The normalized spacial score (nSPS) is 38.4. The fraction of sp³-hybridized carbons (Fsp3) is 0.929. The molecule has 0 radical (unpaired) electrons. The van der Waals surface area contributed by atoms with E-state index in [2.05, 4.69) is 23.1 Å². The number of hydrogen-bond acceptors (Lipinski definition) is 3. The highest BCUT2D eigenvalue weighted by Gasteiger charge is 2.43. The average molecular weight is 250 g/mol. The average Bonchev–Trinajstić information content (AvgIpc) is 2.84. The highest BCUT2D eigenvalue weighted by Crippen LogP contribution is 2.43. The lowest BCUT2D eigenvalue weighted by atomic mass is 10.00. The lowest BCUT2D eigenvalue weighted by Gasteiger charge is -2.23. The van der Waals surface area contributed by atoms with E-state index in [0.717, 1.165) is 23.3 Å². The molecule has 0 aliphatic heterocycles. The number of thioether (sulfide) groups is 1. The maximum atomic E-state index is 9.45. The Morgan fingerprint density at radius 3 is 2.47 bits per heavy atom. The minimum absolute atomic E-state index is 0.169. The molecule has 0 aromatic heterocycles. The van der Waals surface area contributed by atoms with Crippen molar-refractivity contribution in [1.82, 2.24) is 5.32 Å². The van der Waals surface area contributed by atoms with Gasteiger partial charge in [0.25, 0.3) is 0 Å². The molecule has 0 aromatic rings. The number of nitrogens with zero attached hydrogens (tertiary/aromatic N) is 1. The van der Waals surface area contributed by atoms with E-state index < -0.39 is 0 Å². The van der Waals surface area contributed by atoms with Crippen LogP contribution in [0, 0.1) is 11.3 Å². The summed E-state index contributed by atoms with van der Waals surface area (Å²) in [6, 6.07) is 3.24. The van der Waals surface area contributed by atoms with Crippen molar-refractivity contribution in [2.24, 2.45) is 0 Å². The summed E-state index contributed by atoms with van der Waals surface area (Å²) in [5.41, 5.74) is -0.169. The van der Waals surface area contributed by atoms with E-state index in [0.29, 0.717) is 6.04 Å². The van der Waals surface area contributed by atoms with E-state index in [1.165, 1.54) is 44.9 Å². The van der Waals surface area contributed by atoms with Gasteiger partial charge in [0.1, 0.15) is 5.54 Å². The van der Waals surface area contributed by atoms with Gasteiger partial charge in [-0.2, -0.15) is 17.0 Å². The molecule has 0 heterocycles. The summed E-state index contributed by atoms with van der Waals surface area (Å²) in [5.74, 6) is 0. The van der Waals surface area contributed by atoms with E-state index in [-0.39, 0.29) is 5.54 Å². The van der Waals surface area contributed by atoms with Crippen LogP contribution in [-0.4, -0.2) is 22.1 Å². The monoisotopic (exact) mass is 250 g/mol. The smallest absolute Gasteiger partial charge is 0.108 e. The number of nitrogens with one attached hydrogen (secondary N) is 1. The van der Waals surface area contributed by atoms with Crippen molar-refractivity contribution in [3.05, 3.63) is 0 Å². The second-order valence-corrected chi connectivity index (χ2v) is 7.63. The van der Waals surface area contributed by atoms with Crippen molar-refractivity contribution in [1.29, 1.82) is 5.26 Å². The lowest BCUT2D eigenvalue weighted by molar-refractivity contribution is 0.420. The van der Waals surface area contributed by atoms with Gasteiger partial charge in [0.05, 0.1) is 6.07 Å². The van der Waals surface area contributed by atoms with E-state index >= 15 is 0 Å². The van der Waals surface area contributed by atoms with Crippen LogP contribution in [0.5, 0.6) is 0 Å². The Kier molecular flexibility index (Phi) is 3.36. The molecule has 3 aliphatic rings. The maximum absolute atomic E-state index is 9.45. The van der Waals surface area contributed by atoms with Gasteiger partial charge in [0, 0.05) is 16.5 Å². The molecule has 0 saturated heterocycles. The molecule has 3 fully saturated rings. The van der Waals surface area contributed by atoms with Gasteiger partial charge in [-0.3, -0.25) is 5.32 Å². The molecular weight excluding hydrogens is 228 g/mol. The number of hydrogen-bond donors (Lipinski definition) is 1. The standard InChI is InChI=1S/C14H22N2S/c15-10-14(16-11-5-6-11)8-7-13(9-14)17-12-3-1-2-4-12/h11-13,16H,1-9H2. The van der Waals surface area contributed by atoms with Gasteiger partial charge in [-0.05, 0) is 44.9 Å². The molecule has 3 rings (SSSR count). The Morgan fingerprint density at radius 1 is 1.06 bits per heavy atom. The van der Waals surface area contributed by atoms with Gasteiger partial charge in [0.2, 0.25) is 0 Å². The highest BCUT2D eigenvalue weighted by molar-refractivity contribution is 8.00. The topological polar surface area (TPSA) is 35.8 Å². The SMILES string of the molecule is N#CC1(NC2CC2)CCC(SC2CCCC2)C1. The molecule has 2 nitrogen and oxygen atoms in total. The summed E-state index contributed by atoms with van der Waals surface area (Å²) >= 11 is 2.19. The molecule has 0 aromatic carbocycles. The molecule has 1 N–H and O–H groups in total. The fourth-order valence-corrected chi connectivity index (χ4v) is 5.08. The molecule has 3 aliphatic carbocycles. The lowest BCUT2D eigenvalue weighted by Crippen LogP contribution is -2.43. The molecule has 17 heavy (non-hydrogen) atoms. The van der Waals surface area contributed by atoms with Crippen LogP contribution in [0.2, 0.25) is 0 Å². The number of nitriles is 1. The third kappa shape index (κ3) is 2.80. The summed E-state index contributed by atoms with van der Waals surface area (Å²) in [5, 5.41) is 14.7. The predicted molar refractivity (Wildman–Crippen MR) is 72.0 cm³/mol. The Morgan fingerprint density at radius 2 is 1.82 bits per heavy atom. The summed E-state index contributed by atoms with van der Waals surface area (Å²) < 4.78 is 0. The van der Waals surface area contributed by atoms with Crippen LogP contribution in [0.1, 0.15) is 57.8 Å². The Hall–Kier alpha value is -0.200. The summed E-state index contributed by atoms with van der Waals surface area (Å²) in [6.45, 7) is 0. The first-order valence-corrected chi connectivity index (χ1v) is 8.08. The van der Waals surface area contributed by atoms with Gasteiger partial charge >= 0.3 is 0 Å².